The van der Waals surface area contributed by atoms with E-state index in [1.54, 1.807) is 6.20 Å². The van der Waals surface area contributed by atoms with Crippen LogP contribution in [0.15, 0.2) is 24.4 Å². The summed E-state index contributed by atoms with van der Waals surface area (Å²) in [7, 11) is 1.92. The Morgan fingerprint density at radius 3 is 2.67 bits per heavy atom. The first-order chi connectivity index (χ1) is 10.1. The second-order valence-corrected chi connectivity index (χ2v) is 4.80. The minimum absolute atomic E-state index is 0.0665. The van der Waals surface area contributed by atoms with Crippen LogP contribution in [0, 0.1) is 11.6 Å². The maximum Gasteiger partial charge on any atom is 0.135 e. The molecule has 21 heavy (non-hydrogen) atoms. The van der Waals surface area contributed by atoms with Gasteiger partial charge in [0.1, 0.15) is 11.6 Å². The molecule has 0 saturated heterocycles. The maximum absolute atomic E-state index is 13.9. The highest BCUT2D eigenvalue weighted by Gasteiger charge is 2.17. The Balaban J connectivity index is 2.15. The highest BCUT2D eigenvalue weighted by molar-refractivity contribution is 5.64. The second kappa shape index (κ2) is 7.28. The lowest BCUT2D eigenvalue weighted by molar-refractivity contribution is 0.120. The van der Waals surface area contributed by atoms with Gasteiger partial charge < -0.3 is 4.74 Å². The quantitative estimate of drug-likeness (QED) is 0.799. The van der Waals surface area contributed by atoms with Crippen LogP contribution in [0.4, 0.5) is 8.78 Å². The lowest BCUT2D eigenvalue weighted by Crippen LogP contribution is -2.23. The monoisotopic (exact) mass is 295 g/mol. The van der Waals surface area contributed by atoms with Crippen LogP contribution < -0.4 is 0 Å². The molecule has 1 N–H and O–H groups in total. The minimum Gasteiger partial charge on any atom is -0.380 e. The fraction of sp³-hybridized carbons (Fsp3) is 0.400. The molecule has 4 nitrogen and oxygen atoms in total. The SMILES string of the molecule is CCOCCN(C)Cc1cn[nH]c1-c1c(F)cccc1F. The normalized spacial score (nSPS) is 11.3. The summed E-state index contributed by atoms with van der Waals surface area (Å²) >= 11 is 0. The summed E-state index contributed by atoms with van der Waals surface area (Å²) in [5, 5.41) is 6.60. The van der Waals surface area contributed by atoms with Crippen LogP contribution in [0.3, 0.4) is 0 Å². The summed E-state index contributed by atoms with van der Waals surface area (Å²) < 4.78 is 33.0. The average molecular weight is 295 g/mol. The van der Waals surface area contributed by atoms with Crippen LogP contribution in [-0.4, -0.2) is 41.9 Å². The van der Waals surface area contributed by atoms with Crippen molar-refractivity contribution in [3.05, 3.63) is 41.6 Å². The Kier molecular flexibility index (Phi) is 5.41. The average Bonchev–Trinajstić information content (AvgIpc) is 2.87. The van der Waals surface area contributed by atoms with Crippen molar-refractivity contribution in [3.63, 3.8) is 0 Å². The van der Waals surface area contributed by atoms with Crippen molar-refractivity contribution >= 4 is 0 Å². The van der Waals surface area contributed by atoms with Gasteiger partial charge in [-0.15, -0.1) is 0 Å². The predicted octanol–water partition coefficient (Wildman–Crippen LogP) is 2.82. The summed E-state index contributed by atoms with van der Waals surface area (Å²) in [6.07, 6.45) is 1.60. The molecule has 6 heteroatoms. The molecule has 1 aromatic heterocycles. The highest BCUT2D eigenvalue weighted by atomic mass is 19.1. The predicted molar refractivity (Wildman–Crippen MR) is 76.8 cm³/mol. The molecule has 0 spiro atoms. The summed E-state index contributed by atoms with van der Waals surface area (Å²) in [4.78, 5) is 2.02. The minimum atomic E-state index is -0.600. The maximum atomic E-state index is 13.9. The fourth-order valence-electron chi connectivity index (χ4n) is 2.12. The van der Waals surface area contributed by atoms with Gasteiger partial charge in [0.2, 0.25) is 0 Å². The van der Waals surface area contributed by atoms with Crippen LogP contribution in [0.5, 0.6) is 0 Å². The van der Waals surface area contributed by atoms with Gasteiger partial charge in [-0.3, -0.25) is 10.00 Å². The molecule has 0 fully saturated rings. The number of hydrogen-bond donors (Lipinski definition) is 1. The number of nitrogens with one attached hydrogen (secondary N) is 1. The van der Waals surface area contributed by atoms with Gasteiger partial charge in [-0.25, -0.2) is 8.78 Å². The number of nitrogens with zero attached hydrogens (tertiary/aromatic N) is 2. The Labute approximate surface area is 122 Å². The number of hydrogen-bond acceptors (Lipinski definition) is 3. The summed E-state index contributed by atoms with van der Waals surface area (Å²) in [5.41, 5.74) is 1.06. The lowest BCUT2D eigenvalue weighted by atomic mass is 10.1. The molecule has 1 aromatic carbocycles. The number of benzene rings is 1. The third-order valence-corrected chi connectivity index (χ3v) is 3.19. The number of ether oxygens (including phenoxy) is 1. The van der Waals surface area contributed by atoms with E-state index in [0.717, 1.165) is 12.1 Å². The number of likely N-dealkylation sites (N-methyl/N-ethyl adjacent to an activating group) is 1. The van der Waals surface area contributed by atoms with Gasteiger partial charge in [0.25, 0.3) is 0 Å². The second-order valence-electron chi connectivity index (χ2n) is 4.80. The number of rotatable bonds is 7. The van der Waals surface area contributed by atoms with E-state index in [9.17, 15) is 8.78 Å². The number of halogens is 2. The van der Waals surface area contributed by atoms with Gasteiger partial charge in [0.05, 0.1) is 24.1 Å². The van der Waals surface area contributed by atoms with Gasteiger partial charge in [-0.2, -0.15) is 5.10 Å². The molecule has 0 unspecified atom stereocenters. The Morgan fingerprint density at radius 1 is 1.29 bits per heavy atom. The van der Waals surface area contributed by atoms with Crippen molar-refractivity contribution < 1.29 is 13.5 Å². The van der Waals surface area contributed by atoms with E-state index in [4.69, 9.17) is 4.74 Å². The van der Waals surface area contributed by atoms with Gasteiger partial charge in [0, 0.05) is 25.3 Å². The zero-order valence-corrected chi connectivity index (χ0v) is 12.2. The van der Waals surface area contributed by atoms with Crippen molar-refractivity contribution in [2.24, 2.45) is 0 Å². The molecule has 0 amide bonds. The number of aromatic nitrogens is 2. The third-order valence-electron chi connectivity index (χ3n) is 3.19. The zero-order chi connectivity index (χ0) is 15.2. The summed E-state index contributed by atoms with van der Waals surface area (Å²) in [5.74, 6) is -1.20. The molecule has 0 aliphatic rings. The fourth-order valence-corrected chi connectivity index (χ4v) is 2.12. The van der Waals surface area contributed by atoms with Crippen molar-refractivity contribution in [2.75, 3.05) is 26.8 Å². The van der Waals surface area contributed by atoms with E-state index in [0.29, 0.717) is 25.5 Å². The molecule has 1 heterocycles. The van der Waals surface area contributed by atoms with E-state index in [2.05, 4.69) is 10.2 Å². The van der Waals surface area contributed by atoms with Gasteiger partial charge in [-0.05, 0) is 26.1 Å². The van der Waals surface area contributed by atoms with E-state index >= 15 is 0 Å². The molecule has 0 bridgehead atoms. The molecular formula is C15H19F2N3O. The Bertz CT molecular complexity index is 566. The molecule has 0 saturated carbocycles. The molecule has 2 rings (SSSR count). The largest absolute Gasteiger partial charge is 0.380 e. The third kappa shape index (κ3) is 3.86. The molecular weight excluding hydrogens is 276 g/mol. The summed E-state index contributed by atoms with van der Waals surface area (Å²) in [6, 6.07) is 3.82. The van der Waals surface area contributed by atoms with E-state index in [1.807, 2.05) is 18.9 Å². The molecule has 114 valence electrons. The van der Waals surface area contributed by atoms with Gasteiger partial charge in [-0.1, -0.05) is 6.07 Å². The van der Waals surface area contributed by atoms with Gasteiger partial charge in [0.15, 0.2) is 0 Å². The molecule has 2 aromatic rings. The van der Waals surface area contributed by atoms with Crippen LogP contribution in [0.1, 0.15) is 12.5 Å². The van der Waals surface area contributed by atoms with Crippen molar-refractivity contribution in [1.29, 1.82) is 0 Å². The first-order valence-corrected chi connectivity index (χ1v) is 6.86. The summed E-state index contributed by atoms with van der Waals surface area (Å²) in [6.45, 7) is 4.50. The van der Waals surface area contributed by atoms with Gasteiger partial charge >= 0.3 is 0 Å². The Hall–Kier alpha value is -1.79. The van der Waals surface area contributed by atoms with E-state index in [-0.39, 0.29) is 5.56 Å². The van der Waals surface area contributed by atoms with Crippen molar-refractivity contribution in [1.82, 2.24) is 15.1 Å². The molecule has 0 aliphatic heterocycles. The van der Waals surface area contributed by atoms with E-state index in [1.165, 1.54) is 18.2 Å². The van der Waals surface area contributed by atoms with Crippen LogP contribution >= 0.6 is 0 Å². The number of aromatic amines is 1. The smallest absolute Gasteiger partial charge is 0.135 e. The number of H-pyrrole nitrogens is 1. The van der Waals surface area contributed by atoms with Crippen molar-refractivity contribution in [3.8, 4) is 11.3 Å². The van der Waals surface area contributed by atoms with Crippen LogP contribution in [0.2, 0.25) is 0 Å². The first-order valence-electron chi connectivity index (χ1n) is 6.86. The van der Waals surface area contributed by atoms with Crippen LogP contribution in [-0.2, 0) is 11.3 Å². The zero-order valence-electron chi connectivity index (χ0n) is 12.2. The topological polar surface area (TPSA) is 41.1 Å². The molecule has 0 atom stereocenters. The molecule has 0 radical (unpaired) electrons. The standard InChI is InChI=1S/C15H19F2N3O/c1-3-21-8-7-20(2)10-11-9-18-19-15(11)14-12(16)5-4-6-13(14)17/h4-6,9H,3,7-8,10H2,1-2H3,(H,18,19). The van der Waals surface area contributed by atoms with Crippen LogP contribution in [0.25, 0.3) is 11.3 Å². The molecule has 0 aliphatic carbocycles. The van der Waals surface area contributed by atoms with E-state index < -0.39 is 11.6 Å². The first kappa shape index (κ1) is 15.6. The highest BCUT2D eigenvalue weighted by Crippen LogP contribution is 2.27. The lowest BCUT2D eigenvalue weighted by Gasteiger charge is -2.16. The Morgan fingerprint density at radius 2 is 2.00 bits per heavy atom. The van der Waals surface area contributed by atoms with Crippen molar-refractivity contribution in [2.45, 2.75) is 13.5 Å².